The molecule has 0 saturated heterocycles. The van der Waals surface area contributed by atoms with Crippen molar-refractivity contribution < 1.29 is 9.21 Å². The lowest BCUT2D eigenvalue weighted by Crippen LogP contribution is -2.25. The molecule has 1 amide bonds. The number of aromatic nitrogens is 2. The molecule has 0 radical (unpaired) electrons. The first-order valence-electron chi connectivity index (χ1n) is 7.31. The minimum absolute atomic E-state index is 0.0596. The van der Waals surface area contributed by atoms with Crippen molar-refractivity contribution in [2.24, 2.45) is 0 Å². The Morgan fingerprint density at radius 3 is 2.78 bits per heavy atom. The Kier molecular flexibility index (Phi) is 5.16. The van der Waals surface area contributed by atoms with Gasteiger partial charge < -0.3 is 9.73 Å². The summed E-state index contributed by atoms with van der Waals surface area (Å²) >= 11 is 1.73. The van der Waals surface area contributed by atoms with Crippen LogP contribution in [0.15, 0.2) is 65.5 Å². The van der Waals surface area contributed by atoms with E-state index < -0.39 is 0 Å². The molecule has 2 aromatic heterocycles. The first-order valence-corrected chi connectivity index (χ1v) is 8.47. The van der Waals surface area contributed by atoms with E-state index in [1.807, 2.05) is 48.7 Å². The molecule has 0 aliphatic heterocycles. The zero-order chi connectivity index (χ0) is 15.9. The highest BCUT2D eigenvalue weighted by atomic mass is 32.2. The fraction of sp³-hybridized carbons (Fsp3) is 0.176. The number of carbonyl (C=O) groups excluding carboxylic acids is 1. The number of rotatable bonds is 7. The summed E-state index contributed by atoms with van der Waals surface area (Å²) in [6, 6.07) is 13.1. The molecule has 0 bridgehead atoms. The second-order valence-electron chi connectivity index (χ2n) is 4.89. The molecule has 6 heteroatoms. The molecule has 0 aliphatic carbocycles. The second kappa shape index (κ2) is 7.69. The highest BCUT2D eigenvalue weighted by Crippen LogP contribution is 2.12. The predicted octanol–water partition coefficient (Wildman–Crippen LogP) is 3.13. The number of amides is 1. The summed E-state index contributed by atoms with van der Waals surface area (Å²) in [6.07, 6.45) is 5.26. The summed E-state index contributed by atoms with van der Waals surface area (Å²) in [5, 5.41) is 7.08. The van der Waals surface area contributed by atoms with Gasteiger partial charge in [-0.15, -0.1) is 0 Å². The van der Waals surface area contributed by atoms with Crippen LogP contribution in [-0.4, -0.2) is 28.0 Å². The van der Waals surface area contributed by atoms with Gasteiger partial charge in [-0.25, -0.2) is 4.68 Å². The van der Waals surface area contributed by atoms with Crippen LogP contribution in [0.1, 0.15) is 16.1 Å². The van der Waals surface area contributed by atoms with Crippen LogP contribution >= 0.6 is 11.8 Å². The van der Waals surface area contributed by atoms with Crippen molar-refractivity contribution in [3.05, 3.63) is 72.4 Å². The minimum atomic E-state index is -0.0596. The summed E-state index contributed by atoms with van der Waals surface area (Å²) in [4.78, 5) is 12.1. The van der Waals surface area contributed by atoms with Gasteiger partial charge in [-0.1, -0.05) is 0 Å². The Labute approximate surface area is 138 Å². The van der Waals surface area contributed by atoms with Crippen molar-refractivity contribution in [3.8, 4) is 5.69 Å². The quantitative estimate of drug-likeness (QED) is 0.677. The molecule has 0 atom stereocenters. The zero-order valence-electron chi connectivity index (χ0n) is 12.5. The smallest absolute Gasteiger partial charge is 0.251 e. The summed E-state index contributed by atoms with van der Waals surface area (Å²) < 4.78 is 7.01. The SMILES string of the molecule is O=C(NCCSCc1ccco1)c1ccc(-n2cccn2)cc1. The third-order valence-electron chi connectivity index (χ3n) is 3.25. The molecule has 0 spiro atoms. The first-order chi connectivity index (χ1) is 11.3. The normalized spacial score (nSPS) is 10.6. The largest absolute Gasteiger partial charge is 0.468 e. The van der Waals surface area contributed by atoms with Crippen LogP contribution < -0.4 is 5.32 Å². The fourth-order valence-corrected chi connectivity index (χ4v) is 2.85. The molecule has 0 unspecified atom stereocenters. The van der Waals surface area contributed by atoms with Gasteiger partial charge in [0.05, 0.1) is 17.7 Å². The van der Waals surface area contributed by atoms with Crippen LogP contribution in [0.2, 0.25) is 0 Å². The summed E-state index contributed by atoms with van der Waals surface area (Å²) in [7, 11) is 0. The van der Waals surface area contributed by atoms with Crippen LogP contribution in [0.5, 0.6) is 0 Å². The molecule has 1 N–H and O–H groups in total. The monoisotopic (exact) mass is 327 g/mol. The summed E-state index contributed by atoms with van der Waals surface area (Å²) in [5.41, 5.74) is 1.58. The standard InChI is InChI=1S/C17H17N3O2S/c21-17(18-9-12-23-13-16-3-1-11-22-16)14-4-6-15(7-5-14)20-10-2-8-19-20/h1-8,10-11H,9,12-13H2,(H,18,21). The predicted molar refractivity (Wildman–Crippen MR) is 90.8 cm³/mol. The van der Waals surface area contributed by atoms with Gasteiger partial charge in [0.1, 0.15) is 5.76 Å². The minimum Gasteiger partial charge on any atom is -0.468 e. The van der Waals surface area contributed by atoms with Crippen molar-refractivity contribution in [1.82, 2.24) is 15.1 Å². The number of furan rings is 1. The van der Waals surface area contributed by atoms with Gasteiger partial charge >= 0.3 is 0 Å². The number of nitrogens with zero attached hydrogens (tertiary/aromatic N) is 2. The second-order valence-corrected chi connectivity index (χ2v) is 5.99. The van der Waals surface area contributed by atoms with E-state index in [0.717, 1.165) is 23.0 Å². The van der Waals surface area contributed by atoms with E-state index in [9.17, 15) is 4.79 Å². The average Bonchev–Trinajstić information content (AvgIpc) is 3.28. The molecule has 0 fully saturated rings. The van der Waals surface area contributed by atoms with Crippen LogP contribution in [-0.2, 0) is 5.75 Å². The maximum absolute atomic E-state index is 12.1. The molecule has 0 saturated carbocycles. The van der Waals surface area contributed by atoms with Crippen molar-refractivity contribution >= 4 is 17.7 Å². The highest BCUT2D eigenvalue weighted by molar-refractivity contribution is 7.98. The number of nitrogens with one attached hydrogen (secondary N) is 1. The van der Waals surface area contributed by atoms with Crippen LogP contribution in [0, 0.1) is 0 Å². The zero-order valence-corrected chi connectivity index (χ0v) is 13.3. The molecule has 23 heavy (non-hydrogen) atoms. The van der Waals surface area contributed by atoms with Crippen LogP contribution in [0.25, 0.3) is 5.69 Å². The Bertz CT molecular complexity index is 722. The third kappa shape index (κ3) is 4.26. The van der Waals surface area contributed by atoms with Crippen LogP contribution in [0.4, 0.5) is 0 Å². The first kappa shape index (κ1) is 15.4. The number of benzene rings is 1. The molecule has 3 aromatic rings. The van der Waals surface area contributed by atoms with E-state index in [4.69, 9.17) is 4.42 Å². The average molecular weight is 327 g/mol. The topological polar surface area (TPSA) is 60.1 Å². The lowest BCUT2D eigenvalue weighted by atomic mass is 10.2. The molecule has 118 valence electrons. The van der Waals surface area contributed by atoms with E-state index in [1.54, 1.807) is 28.9 Å². The Morgan fingerprint density at radius 1 is 1.22 bits per heavy atom. The van der Waals surface area contributed by atoms with Gasteiger partial charge in [0.25, 0.3) is 5.91 Å². The molecular weight excluding hydrogens is 310 g/mol. The summed E-state index contributed by atoms with van der Waals surface area (Å²) in [5.74, 6) is 2.56. The van der Waals surface area contributed by atoms with Gasteiger partial charge in [0, 0.05) is 30.3 Å². The Morgan fingerprint density at radius 2 is 2.09 bits per heavy atom. The van der Waals surface area contributed by atoms with Crippen molar-refractivity contribution in [3.63, 3.8) is 0 Å². The fourth-order valence-electron chi connectivity index (χ4n) is 2.09. The van der Waals surface area contributed by atoms with Crippen LogP contribution in [0.3, 0.4) is 0 Å². The third-order valence-corrected chi connectivity index (χ3v) is 4.24. The van der Waals surface area contributed by atoms with Gasteiger partial charge in [0.2, 0.25) is 0 Å². The van der Waals surface area contributed by atoms with Gasteiger partial charge in [-0.2, -0.15) is 16.9 Å². The molecule has 1 aromatic carbocycles. The van der Waals surface area contributed by atoms with E-state index >= 15 is 0 Å². The molecule has 2 heterocycles. The van der Waals surface area contributed by atoms with Gasteiger partial charge in [-0.3, -0.25) is 4.79 Å². The number of thioether (sulfide) groups is 1. The van der Waals surface area contributed by atoms with Crippen molar-refractivity contribution in [2.75, 3.05) is 12.3 Å². The van der Waals surface area contributed by atoms with Gasteiger partial charge in [-0.05, 0) is 42.5 Å². The van der Waals surface area contributed by atoms with Crippen molar-refractivity contribution in [1.29, 1.82) is 0 Å². The lowest BCUT2D eigenvalue weighted by Gasteiger charge is -2.06. The molecule has 0 aliphatic rings. The van der Waals surface area contributed by atoms with Crippen molar-refractivity contribution in [2.45, 2.75) is 5.75 Å². The van der Waals surface area contributed by atoms with E-state index in [0.29, 0.717) is 12.1 Å². The number of hydrogen-bond acceptors (Lipinski definition) is 4. The highest BCUT2D eigenvalue weighted by Gasteiger charge is 2.05. The Hall–Kier alpha value is -2.47. The Balaban J connectivity index is 1.43. The van der Waals surface area contributed by atoms with E-state index in [-0.39, 0.29) is 5.91 Å². The maximum atomic E-state index is 12.1. The molecular formula is C17H17N3O2S. The molecule has 3 rings (SSSR count). The summed E-state index contributed by atoms with van der Waals surface area (Å²) in [6.45, 7) is 0.630. The van der Waals surface area contributed by atoms with E-state index in [2.05, 4.69) is 10.4 Å². The van der Waals surface area contributed by atoms with E-state index in [1.165, 1.54) is 0 Å². The number of hydrogen-bond donors (Lipinski definition) is 1. The lowest BCUT2D eigenvalue weighted by molar-refractivity contribution is 0.0956. The molecule has 5 nitrogen and oxygen atoms in total. The number of carbonyl (C=O) groups is 1. The maximum Gasteiger partial charge on any atom is 0.251 e. The van der Waals surface area contributed by atoms with Gasteiger partial charge in [0.15, 0.2) is 0 Å².